The average molecular weight is 285 g/mol. The zero-order valence-corrected chi connectivity index (χ0v) is 12.5. The first-order chi connectivity index (χ1) is 9.17. The Morgan fingerprint density at radius 3 is 2.53 bits per heavy atom. The summed E-state index contributed by atoms with van der Waals surface area (Å²) in [6.07, 6.45) is 1.17. The lowest BCUT2D eigenvalue weighted by atomic mass is 10.1. The molecule has 0 radical (unpaired) electrons. The Morgan fingerprint density at radius 1 is 1.26 bits per heavy atom. The summed E-state index contributed by atoms with van der Waals surface area (Å²) in [5.41, 5.74) is 1.58. The summed E-state index contributed by atoms with van der Waals surface area (Å²) in [7, 11) is 0. The molecule has 1 aliphatic heterocycles. The molecule has 0 amide bonds. The highest BCUT2D eigenvalue weighted by Gasteiger charge is 2.22. The van der Waals surface area contributed by atoms with Gasteiger partial charge in [-0.1, -0.05) is 13.0 Å². The Labute approximate surface area is 120 Å². The van der Waals surface area contributed by atoms with E-state index < -0.39 is 0 Å². The number of nitrogens with zero attached hydrogens (tertiary/aromatic N) is 2. The van der Waals surface area contributed by atoms with Crippen molar-refractivity contribution >= 4 is 17.3 Å². The van der Waals surface area contributed by atoms with E-state index in [0.29, 0.717) is 11.6 Å². The maximum absolute atomic E-state index is 13.7. The van der Waals surface area contributed by atoms with E-state index in [2.05, 4.69) is 23.6 Å². The zero-order valence-electron chi connectivity index (χ0n) is 11.7. The second-order valence-electron chi connectivity index (χ2n) is 5.15. The molecule has 2 rings (SSSR count). The molecule has 1 saturated heterocycles. The number of piperazine rings is 1. The molecule has 0 aromatic heterocycles. The summed E-state index contributed by atoms with van der Waals surface area (Å²) in [5, 5.41) is 0. The van der Waals surface area contributed by atoms with Crippen LogP contribution in [0.2, 0.25) is 0 Å². The predicted octanol–water partition coefficient (Wildman–Crippen LogP) is 3.49. The van der Waals surface area contributed by atoms with Gasteiger partial charge in [0.1, 0.15) is 5.82 Å². The topological polar surface area (TPSA) is 6.48 Å². The van der Waals surface area contributed by atoms with Gasteiger partial charge in [-0.25, -0.2) is 4.39 Å². The van der Waals surface area contributed by atoms with Crippen molar-refractivity contribution in [2.45, 2.75) is 32.2 Å². The minimum Gasteiger partial charge on any atom is -0.369 e. The van der Waals surface area contributed by atoms with Gasteiger partial charge in [-0.05, 0) is 25.5 Å². The summed E-state index contributed by atoms with van der Waals surface area (Å²) in [5.74, 6) is 0.0324. The zero-order chi connectivity index (χ0) is 13.8. The van der Waals surface area contributed by atoms with Crippen LogP contribution in [0.25, 0.3) is 0 Å². The lowest BCUT2D eigenvalue weighted by Gasteiger charge is -2.39. The largest absolute Gasteiger partial charge is 0.369 e. The van der Waals surface area contributed by atoms with Crippen LogP contribution < -0.4 is 4.90 Å². The minimum absolute atomic E-state index is 0.197. The Kier molecular flexibility index (Phi) is 5.06. The predicted molar refractivity (Wildman–Crippen MR) is 79.5 cm³/mol. The van der Waals surface area contributed by atoms with Crippen LogP contribution in [-0.2, 0) is 5.88 Å². The maximum Gasteiger partial charge on any atom is 0.129 e. The van der Waals surface area contributed by atoms with Crippen molar-refractivity contribution < 1.29 is 4.39 Å². The molecule has 1 atom stereocenters. The van der Waals surface area contributed by atoms with Crippen molar-refractivity contribution in [2.24, 2.45) is 0 Å². The van der Waals surface area contributed by atoms with Gasteiger partial charge in [0.05, 0.1) is 5.88 Å². The van der Waals surface area contributed by atoms with E-state index in [9.17, 15) is 4.39 Å². The first-order valence-electron chi connectivity index (χ1n) is 6.99. The molecular weight excluding hydrogens is 263 g/mol. The third kappa shape index (κ3) is 3.21. The van der Waals surface area contributed by atoms with Gasteiger partial charge in [-0.3, -0.25) is 4.90 Å². The molecule has 0 bridgehead atoms. The molecule has 1 unspecified atom stereocenters. The molecular formula is C15H22ClFN2. The molecule has 1 aromatic carbocycles. The smallest absolute Gasteiger partial charge is 0.129 e. The summed E-state index contributed by atoms with van der Waals surface area (Å²) in [6, 6.07) is 5.85. The fraction of sp³-hybridized carbons (Fsp3) is 0.600. The molecule has 2 nitrogen and oxygen atoms in total. The summed E-state index contributed by atoms with van der Waals surface area (Å²) >= 11 is 5.88. The molecule has 19 heavy (non-hydrogen) atoms. The molecule has 0 saturated carbocycles. The molecule has 1 fully saturated rings. The van der Waals surface area contributed by atoms with Crippen molar-refractivity contribution in [3.05, 3.63) is 29.6 Å². The molecule has 1 heterocycles. The number of alkyl halides is 1. The molecule has 0 spiro atoms. The Bertz CT molecular complexity index is 417. The van der Waals surface area contributed by atoms with Crippen LogP contribution in [0.4, 0.5) is 10.1 Å². The normalized spacial score (nSPS) is 18.6. The summed E-state index contributed by atoms with van der Waals surface area (Å²) < 4.78 is 13.7. The summed E-state index contributed by atoms with van der Waals surface area (Å²) in [4.78, 5) is 4.75. The molecule has 4 heteroatoms. The lowest BCUT2D eigenvalue weighted by Crippen LogP contribution is -2.49. The first-order valence-corrected chi connectivity index (χ1v) is 7.53. The average Bonchev–Trinajstić information content (AvgIpc) is 2.46. The molecule has 106 valence electrons. The molecule has 1 aromatic rings. The van der Waals surface area contributed by atoms with E-state index in [1.165, 1.54) is 12.5 Å². The van der Waals surface area contributed by atoms with Crippen LogP contribution >= 0.6 is 11.6 Å². The lowest BCUT2D eigenvalue weighted by molar-refractivity contribution is 0.192. The van der Waals surface area contributed by atoms with E-state index in [1.807, 2.05) is 6.07 Å². The van der Waals surface area contributed by atoms with Crippen LogP contribution in [0.3, 0.4) is 0 Å². The van der Waals surface area contributed by atoms with Gasteiger partial charge in [-0.15, -0.1) is 11.6 Å². The van der Waals surface area contributed by atoms with Crippen molar-refractivity contribution in [1.29, 1.82) is 0 Å². The van der Waals surface area contributed by atoms with E-state index in [0.717, 1.165) is 31.9 Å². The second-order valence-corrected chi connectivity index (χ2v) is 5.42. The highest BCUT2D eigenvalue weighted by molar-refractivity contribution is 6.17. The van der Waals surface area contributed by atoms with Crippen LogP contribution in [0.15, 0.2) is 18.2 Å². The van der Waals surface area contributed by atoms with Crippen LogP contribution in [-0.4, -0.2) is 37.1 Å². The van der Waals surface area contributed by atoms with Crippen LogP contribution in [0.1, 0.15) is 25.8 Å². The highest BCUT2D eigenvalue weighted by atomic mass is 35.5. The van der Waals surface area contributed by atoms with Gasteiger partial charge in [0.2, 0.25) is 0 Å². The fourth-order valence-corrected chi connectivity index (χ4v) is 2.90. The quantitative estimate of drug-likeness (QED) is 0.781. The van der Waals surface area contributed by atoms with Crippen LogP contribution in [0, 0.1) is 5.82 Å². The van der Waals surface area contributed by atoms with Gasteiger partial charge in [0.25, 0.3) is 0 Å². The molecule has 1 aliphatic rings. The van der Waals surface area contributed by atoms with Crippen molar-refractivity contribution in [3.8, 4) is 0 Å². The van der Waals surface area contributed by atoms with Gasteiger partial charge in [0.15, 0.2) is 0 Å². The minimum atomic E-state index is -0.197. The Balaban J connectivity index is 2.08. The van der Waals surface area contributed by atoms with Gasteiger partial charge >= 0.3 is 0 Å². The van der Waals surface area contributed by atoms with Crippen molar-refractivity contribution in [2.75, 3.05) is 31.1 Å². The maximum atomic E-state index is 13.7. The van der Waals surface area contributed by atoms with Gasteiger partial charge < -0.3 is 4.90 Å². The highest BCUT2D eigenvalue weighted by Crippen LogP contribution is 2.26. The first kappa shape index (κ1) is 14.6. The summed E-state index contributed by atoms with van der Waals surface area (Å²) in [6.45, 7) is 8.44. The van der Waals surface area contributed by atoms with Crippen molar-refractivity contribution in [3.63, 3.8) is 0 Å². The monoisotopic (exact) mass is 284 g/mol. The standard InChI is InChI=1S/C15H22ClFN2/c1-3-12(2)18-7-9-19(10-8-18)15-6-4-5-14(17)13(15)11-16/h4-6,12H,3,7-11H2,1-2H3. The number of halogens is 2. The number of benzene rings is 1. The van der Waals surface area contributed by atoms with E-state index in [4.69, 9.17) is 11.6 Å². The number of rotatable bonds is 4. The van der Waals surface area contributed by atoms with E-state index in [1.54, 1.807) is 6.07 Å². The van der Waals surface area contributed by atoms with Crippen LogP contribution in [0.5, 0.6) is 0 Å². The Hall–Kier alpha value is -0.800. The molecule has 0 N–H and O–H groups in total. The fourth-order valence-electron chi connectivity index (χ4n) is 2.64. The molecule has 0 aliphatic carbocycles. The van der Waals surface area contributed by atoms with E-state index >= 15 is 0 Å². The second kappa shape index (κ2) is 6.58. The van der Waals surface area contributed by atoms with Gasteiger partial charge in [0, 0.05) is 43.5 Å². The number of hydrogen-bond acceptors (Lipinski definition) is 2. The number of anilines is 1. The third-order valence-corrected chi connectivity index (χ3v) is 4.36. The van der Waals surface area contributed by atoms with E-state index in [-0.39, 0.29) is 11.7 Å². The third-order valence-electron chi connectivity index (χ3n) is 4.10. The SMILES string of the molecule is CCC(C)N1CCN(c2cccc(F)c2CCl)CC1. The number of hydrogen-bond donors (Lipinski definition) is 0. The van der Waals surface area contributed by atoms with Gasteiger partial charge in [-0.2, -0.15) is 0 Å². The van der Waals surface area contributed by atoms with Crippen molar-refractivity contribution in [1.82, 2.24) is 4.90 Å². The Morgan fingerprint density at radius 2 is 1.95 bits per heavy atom.